The van der Waals surface area contributed by atoms with Gasteiger partial charge >= 0.3 is 0 Å². The zero-order chi connectivity index (χ0) is 29.5. The highest BCUT2D eigenvalue weighted by Crippen LogP contribution is 2.51. The third-order valence-corrected chi connectivity index (χ3v) is 9.60. The predicted octanol–water partition coefficient (Wildman–Crippen LogP) is 12.6. The summed E-state index contributed by atoms with van der Waals surface area (Å²) in [6, 6.07) is 57.3. The maximum absolute atomic E-state index is 6.79. The summed E-state index contributed by atoms with van der Waals surface area (Å²) in [4.78, 5) is 0. The average Bonchev–Trinajstić information content (AvgIpc) is 3.11. The lowest BCUT2D eigenvalue weighted by atomic mass is 9.89. The average molecular weight is 571 g/mol. The summed E-state index contributed by atoms with van der Waals surface area (Å²) in [6.45, 7) is 0. The molecule has 0 aromatic heterocycles. The van der Waals surface area contributed by atoms with Crippen LogP contribution in [0.1, 0.15) is 0 Å². The molecule has 0 saturated heterocycles. The maximum Gasteiger partial charge on any atom is 0.143 e. The molecule has 45 heavy (non-hydrogen) atoms. The van der Waals surface area contributed by atoms with Crippen molar-refractivity contribution in [1.29, 1.82) is 0 Å². The van der Waals surface area contributed by atoms with Crippen molar-refractivity contribution in [3.05, 3.63) is 158 Å². The highest BCUT2D eigenvalue weighted by Gasteiger charge is 2.24. The summed E-state index contributed by atoms with van der Waals surface area (Å²) >= 11 is 0. The summed E-state index contributed by atoms with van der Waals surface area (Å²) in [5.41, 5.74) is 7.08. The van der Waals surface area contributed by atoms with E-state index in [0.29, 0.717) is 0 Å². The van der Waals surface area contributed by atoms with Gasteiger partial charge in [0.25, 0.3) is 0 Å². The molecule has 9 aromatic rings. The van der Waals surface area contributed by atoms with E-state index in [2.05, 4.69) is 158 Å². The molecule has 0 N–H and O–H groups in total. The number of ether oxygens (including phenoxy) is 1. The van der Waals surface area contributed by atoms with Gasteiger partial charge in [0.2, 0.25) is 0 Å². The number of rotatable bonds is 2. The zero-order valence-electron chi connectivity index (χ0n) is 24.4. The van der Waals surface area contributed by atoms with Gasteiger partial charge < -0.3 is 4.74 Å². The topological polar surface area (TPSA) is 9.23 Å². The Balaban J connectivity index is 1.07. The zero-order valence-corrected chi connectivity index (χ0v) is 24.4. The van der Waals surface area contributed by atoms with Gasteiger partial charge in [-0.1, -0.05) is 133 Å². The molecule has 10 rings (SSSR count). The van der Waals surface area contributed by atoms with Crippen LogP contribution < -0.4 is 4.74 Å². The first-order chi connectivity index (χ1) is 22.3. The van der Waals surface area contributed by atoms with E-state index in [9.17, 15) is 0 Å². The van der Waals surface area contributed by atoms with Gasteiger partial charge in [0, 0.05) is 16.5 Å². The largest absolute Gasteiger partial charge is 0.455 e. The number of hydrogen-bond acceptors (Lipinski definition) is 1. The van der Waals surface area contributed by atoms with Crippen LogP contribution >= 0.6 is 0 Å². The quantitative estimate of drug-likeness (QED) is 0.188. The molecule has 0 saturated carbocycles. The number of hydrogen-bond donors (Lipinski definition) is 0. The van der Waals surface area contributed by atoms with E-state index in [1.807, 2.05) is 0 Å². The van der Waals surface area contributed by atoms with E-state index < -0.39 is 0 Å². The molecule has 0 unspecified atom stereocenters. The van der Waals surface area contributed by atoms with Crippen molar-refractivity contribution in [3.8, 4) is 44.9 Å². The molecule has 0 amide bonds. The Morgan fingerprint density at radius 3 is 1.71 bits per heavy atom. The van der Waals surface area contributed by atoms with E-state index in [-0.39, 0.29) is 0 Å². The lowest BCUT2D eigenvalue weighted by Crippen LogP contribution is -1.99. The highest BCUT2D eigenvalue weighted by atomic mass is 16.5. The molecule has 1 heterocycles. The Hall–Kier alpha value is -5.92. The summed E-state index contributed by atoms with van der Waals surface area (Å²) in [7, 11) is 0. The second kappa shape index (κ2) is 9.29. The van der Waals surface area contributed by atoms with Crippen LogP contribution in [0, 0.1) is 0 Å². The molecule has 1 heteroatoms. The van der Waals surface area contributed by atoms with Gasteiger partial charge in [-0.05, 0) is 95.0 Å². The molecule has 0 fully saturated rings. The van der Waals surface area contributed by atoms with Crippen molar-refractivity contribution in [2.45, 2.75) is 0 Å². The number of benzene rings is 9. The van der Waals surface area contributed by atoms with Gasteiger partial charge in [0.15, 0.2) is 0 Å². The van der Waals surface area contributed by atoms with Crippen molar-refractivity contribution >= 4 is 53.9 Å². The van der Waals surface area contributed by atoms with Crippen LogP contribution in [0.25, 0.3) is 87.2 Å². The lowest BCUT2D eigenvalue weighted by molar-refractivity contribution is 0.489. The fourth-order valence-corrected chi connectivity index (χ4v) is 7.41. The Kier molecular flexibility index (Phi) is 5.06. The van der Waals surface area contributed by atoms with E-state index in [0.717, 1.165) is 28.2 Å². The van der Waals surface area contributed by atoms with Gasteiger partial charge in [-0.25, -0.2) is 0 Å². The van der Waals surface area contributed by atoms with Gasteiger partial charge in [-0.2, -0.15) is 0 Å². The monoisotopic (exact) mass is 570 g/mol. The fraction of sp³-hybridized carbons (Fsp3) is 0. The molecule has 0 radical (unpaired) electrons. The van der Waals surface area contributed by atoms with Gasteiger partial charge in [-0.3, -0.25) is 0 Å². The maximum atomic E-state index is 6.79. The first-order valence-electron chi connectivity index (χ1n) is 15.5. The van der Waals surface area contributed by atoms with Crippen molar-refractivity contribution in [2.24, 2.45) is 0 Å². The first-order valence-corrected chi connectivity index (χ1v) is 15.5. The van der Waals surface area contributed by atoms with Crippen molar-refractivity contribution in [3.63, 3.8) is 0 Å². The van der Waals surface area contributed by atoms with Crippen molar-refractivity contribution in [2.75, 3.05) is 0 Å². The van der Waals surface area contributed by atoms with E-state index >= 15 is 0 Å². The Morgan fingerprint density at radius 2 is 0.844 bits per heavy atom. The molecule has 1 nitrogen and oxygen atoms in total. The summed E-state index contributed by atoms with van der Waals surface area (Å²) in [5.74, 6) is 1.85. The van der Waals surface area contributed by atoms with Crippen LogP contribution in [-0.2, 0) is 0 Å². The third kappa shape index (κ3) is 3.68. The smallest absolute Gasteiger partial charge is 0.143 e. The van der Waals surface area contributed by atoms with Gasteiger partial charge in [0.05, 0.1) is 0 Å². The Bertz CT molecular complexity index is 2680. The Morgan fingerprint density at radius 1 is 0.311 bits per heavy atom. The van der Waals surface area contributed by atoms with Crippen LogP contribution in [0.3, 0.4) is 0 Å². The van der Waals surface area contributed by atoms with Crippen LogP contribution in [0.4, 0.5) is 0 Å². The summed E-state index contributed by atoms with van der Waals surface area (Å²) in [6.07, 6.45) is 0. The standard InChI is InChI=1S/C44H26O/c1-3-9-35-27(7-1)15-19-33-24-31(21-22-37(33)35)28-16-17-30-25-34(20-18-29(30)23-28)38-11-5-14-41-40-13-6-12-39-36-10-4-2-8-32(36)26-42(43(39)40)45-44(38)41/h1-26H. The first kappa shape index (κ1) is 24.5. The number of fused-ring (bicyclic) bond motifs is 8. The molecule has 0 spiro atoms. The minimum Gasteiger partial charge on any atom is -0.455 e. The molecule has 0 bridgehead atoms. The SMILES string of the molecule is c1cc(-c2ccc3cc(-c4ccc5c(ccc6ccccc65)c4)ccc3c2)c2c(c1)-c1cccc3c1c(cc1ccccc13)O2. The van der Waals surface area contributed by atoms with E-state index in [4.69, 9.17) is 4.74 Å². The summed E-state index contributed by atoms with van der Waals surface area (Å²) < 4.78 is 6.79. The third-order valence-electron chi connectivity index (χ3n) is 9.60. The lowest BCUT2D eigenvalue weighted by Gasteiger charge is -2.24. The molecule has 0 atom stereocenters. The number of para-hydroxylation sites is 1. The van der Waals surface area contributed by atoms with Gasteiger partial charge in [0.1, 0.15) is 11.5 Å². The second-order valence-corrected chi connectivity index (χ2v) is 12.1. The molecule has 208 valence electrons. The van der Waals surface area contributed by atoms with Gasteiger partial charge in [-0.15, -0.1) is 0 Å². The van der Waals surface area contributed by atoms with Crippen molar-refractivity contribution in [1.82, 2.24) is 0 Å². The Labute approximate surface area is 260 Å². The predicted molar refractivity (Wildman–Crippen MR) is 190 cm³/mol. The normalized spacial score (nSPS) is 12.2. The van der Waals surface area contributed by atoms with Crippen LogP contribution in [-0.4, -0.2) is 0 Å². The molecule has 1 aliphatic heterocycles. The highest BCUT2D eigenvalue weighted by molar-refractivity contribution is 6.17. The van der Waals surface area contributed by atoms with Crippen LogP contribution in [0.2, 0.25) is 0 Å². The molecular formula is C44H26O. The van der Waals surface area contributed by atoms with E-state index in [1.165, 1.54) is 70.6 Å². The molecule has 1 aliphatic rings. The minimum atomic E-state index is 0.924. The molecule has 0 aliphatic carbocycles. The van der Waals surface area contributed by atoms with E-state index in [1.54, 1.807) is 0 Å². The summed E-state index contributed by atoms with van der Waals surface area (Å²) in [5, 5.41) is 12.4. The van der Waals surface area contributed by atoms with Crippen LogP contribution in [0.15, 0.2) is 158 Å². The fourth-order valence-electron chi connectivity index (χ4n) is 7.41. The van der Waals surface area contributed by atoms with Crippen LogP contribution in [0.5, 0.6) is 11.5 Å². The molecular weight excluding hydrogens is 544 g/mol. The minimum absolute atomic E-state index is 0.924. The molecule has 9 aromatic carbocycles. The van der Waals surface area contributed by atoms with Crippen molar-refractivity contribution < 1.29 is 4.74 Å². The second-order valence-electron chi connectivity index (χ2n) is 12.1.